The third kappa shape index (κ3) is 3.12. The zero-order valence-electron chi connectivity index (χ0n) is 14.4. The minimum Gasteiger partial charge on any atom is -0.378 e. The van der Waals surface area contributed by atoms with E-state index in [1.165, 1.54) is 17.3 Å². The number of amidine groups is 1. The normalized spacial score (nSPS) is 20.1. The average Bonchev–Trinajstić information content (AvgIpc) is 3.18. The van der Waals surface area contributed by atoms with Crippen LogP contribution >= 0.6 is 11.8 Å². The second-order valence-corrected chi connectivity index (χ2v) is 7.52. The lowest BCUT2D eigenvalue weighted by molar-refractivity contribution is -0.113. The molecule has 5 nitrogen and oxygen atoms in total. The Labute approximate surface area is 151 Å². The van der Waals surface area contributed by atoms with Crippen molar-refractivity contribution in [3.05, 3.63) is 40.9 Å². The smallest absolute Gasteiger partial charge is 0.286 e. The highest BCUT2D eigenvalue weighted by Crippen LogP contribution is 2.33. The molecule has 2 aliphatic rings. The van der Waals surface area contributed by atoms with E-state index in [-0.39, 0.29) is 5.91 Å². The van der Waals surface area contributed by atoms with E-state index < -0.39 is 0 Å². The van der Waals surface area contributed by atoms with Crippen molar-refractivity contribution in [3.63, 3.8) is 0 Å². The summed E-state index contributed by atoms with van der Waals surface area (Å²) in [5.41, 5.74) is 2.26. The van der Waals surface area contributed by atoms with Crippen LogP contribution in [0.1, 0.15) is 25.5 Å². The van der Waals surface area contributed by atoms with Gasteiger partial charge in [0.25, 0.3) is 5.91 Å². The zero-order valence-corrected chi connectivity index (χ0v) is 15.3. The maximum atomic E-state index is 12.4. The lowest BCUT2D eigenvalue weighted by Gasteiger charge is -2.27. The molecule has 0 spiro atoms. The Bertz CT molecular complexity index is 876. The highest BCUT2D eigenvalue weighted by Gasteiger charge is 2.27. The van der Waals surface area contributed by atoms with Crippen LogP contribution in [0.4, 0.5) is 0 Å². The van der Waals surface area contributed by atoms with Gasteiger partial charge < -0.3 is 14.2 Å². The number of carbonyl (C=O) groups is 1. The topological polar surface area (TPSA) is 46.8 Å². The van der Waals surface area contributed by atoms with Crippen LogP contribution < -0.4 is 0 Å². The van der Waals surface area contributed by atoms with Crippen LogP contribution in [0.3, 0.4) is 0 Å². The van der Waals surface area contributed by atoms with Crippen molar-refractivity contribution in [2.45, 2.75) is 19.9 Å². The number of para-hydroxylation sites is 1. The van der Waals surface area contributed by atoms with Gasteiger partial charge in [-0.25, -0.2) is 0 Å². The molecule has 1 saturated heterocycles. The minimum atomic E-state index is -0.145. The quantitative estimate of drug-likeness (QED) is 0.773. The van der Waals surface area contributed by atoms with E-state index in [1.54, 1.807) is 0 Å². The molecule has 2 aromatic rings. The summed E-state index contributed by atoms with van der Waals surface area (Å²) in [5, 5.41) is 1.96. The lowest BCUT2D eigenvalue weighted by atomic mass is 10.1. The van der Waals surface area contributed by atoms with Crippen LogP contribution in [0.2, 0.25) is 0 Å². The van der Waals surface area contributed by atoms with Gasteiger partial charge in [-0.2, -0.15) is 4.99 Å². The molecule has 0 unspecified atom stereocenters. The molecule has 0 aliphatic carbocycles. The van der Waals surface area contributed by atoms with Crippen LogP contribution in [-0.4, -0.2) is 46.8 Å². The first-order valence-corrected chi connectivity index (χ1v) is 9.40. The third-order valence-electron chi connectivity index (χ3n) is 4.51. The van der Waals surface area contributed by atoms with Gasteiger partial charge in [0.05, 0.1) is 18.1 Å². The van der Waals surface area contributed by atoms with Crippen LogP contribution in [0.25, 0.3) is 17.0 Å². The summed E-state index contributed by atoms with van der Waals surface area (Å²) in [7, 11) is 0. The molecule has 0 radical (unpaired) electrons. The molecule has 3 heterocycles. The number of hydrogen-bond donors (Lipinski definition) is 0. The molecule has 1 aromatic carbocycles. The molecule has 6 heteroatoms. The molecule has 0 N–H and O–H groups in total. The van der Waals surface area contributed by atoms with E-state index in [1.807, 2.05) is 18.2 Å². The summed E-state index contributed by atoms with van der Waals surface area (Å²) >= 11 is 1.47. The van der Waals surface area contributed by atoms with Crippen molar-refractivity contribution in [1.29, 1.82) is 0 Å². The summed E-state index contributed by atoms with van der Waals surface area (Å²) in [6.45, 7) is 7.29. The maximum absolute atomic E-state index is 12.4. The fourth-order valence-electron chi connectivity index (χ4n) is 3.20. The van der Waals surface area contributed by atoms with Gasteiger partial charge in [0.15, 0.2) is 5.17 Å². The molecule has 0 bridgehead atoms. The van der Waals surface area contributed by atoms with Crippen LogP contribution in [-0.2, 0) is 9.53 Å². The molecule has 4 rings (SSSR count). The molecule has 2 aliphatic heterocycles. The number of amides is 1. The zero-order chi connectivity index (χ0) is 17.4. The van der Waals surface area contributed by atoms with Crippen LogP contribution in [0.15, 0.2) is 40.4 Å². The van der Waals surface area contributed by atoms with Gasteiger partial charge in [-0.15, -0.1) is 0 Å². The van der Waals surface area contributed by atoms with Crippen molar-refractivity contribution >= 4 is 39.8 Å². The number of thioether (sulfide) groups is 1. The molecule has 0 saturated carbocycles. The Balaban J connectivity index is 1.66. The lowest BCUT2D eigenvalue weighted by Crippen LogP contribution is -2.38. The number of aliphatic imine (C=N–C) groups is 1. The highest BCUT2D eigenvalue weighted by atomic mass is 32.2. The second kappa shape index (κ2) is 6.69. The van der Waals surface area contributed by atoms with E-state index in [9.17, 15) is 4.79 Å². The summed E-state index contributed by atoms with van der Waals surface area (Å²) < 4.78 is 7.62. The monoisotopic (exact) mass is 355 g/mol. The number of morpholine rings is 1. The van der Waals surface area contributed by atoms with Crippen molar-refractivity contribution in [2.24, 2.45) is 4.99 Å². The number of rotatable bonds is 2. The number of carbonyl (C=O) groups excluding carboxylic acids is 1. The largest absolute Gasteiger partial charge is 0.378 e. The number of nitrogens with zero attached hydrogens (tertiary/aromatic N) is 3. The Morgan fingerprint density at radius 2 is 2.00 bits per heavy atom. The molecule has 0 atom stereocenters. The van der Waals surface area contributed by atoms with Gasteiger partial charge >= 0.3 is 0 Å². The predicted octanol–water partition coefficient (Wildman–Crippen LogP) is 3.52. The molecule has 1 fully saturated rings. The van der Waals surface area contributed by atoms with Crippen molar-refractivity contribution in [2.75, 3.05) is 26.3 Å². The first-order chi connectivity index (χ1) is 12.1. The van der Waals surface area contributed by atoms with Crippen LogP contribution in [0, 0.1) is 0 Å². The van der Waals surface area contributed by atoms with Crippen molar-refractivity contribution < 1.29 is 9.53 Å². The Morgan fingerprint density at radius 1 is 1.24 bits per heavy atom. The summed E-state index contributed by atoms with van der Waals surface area (Å²) in [5.74, 6) is -0.145. The standard InChI is InChI=1S/C19H21N3O2S/c1-13(2)22-12-14(15-5-3-4-6-16(15)22)11-17-18(23)20-19(25-17)21-7-9-24-10-8-21/h3-6,11-13H,7-10H2,1-2H3. The Morgan fingerprint density at radius 3 is 2.76 bits per heavy atom. The van der Waals surface area contributed by atoms with E-state index in [0.717, 1.165) is 29.2 Å². The Hall–Kier alpha value is -2.05. The van der Waals surface area contributed by atoms with E-state index >= 15 is 0 Å². The third-order valence-corrected chi connectivity index (χ3v) is 5.55. The van der Waals surface area contributed by atoms with E-state index in [0.29, 0.717) is 24.2 Å². The second-order valence-electron chi connectivity index (χ2n) is 6.51. The first-order valence-electron chi connectivity index (χ1n) is 8.58. The molecule has 130 valence electrons. The first kappa shape index (κ1) is 16.4. The maximum Gasteiger partial charge on any atom is 0.286 e. The molecule has 1 amide bonds. The Kier molecular flexibility index (Phi) is 4.39. The number of ether oxygens (including phenoxy) is 1. The van der Waals surface area contributed by atoms with E-state index in [2.05, 4.69) is 46.6 Å². The number of fused-ring (bicyclic) bond motifs is 1. The summed E-state index contributed by atoms with van der Waals surface area (Å²) in [4.78, 5) is 19.4. The molecular formula is C19H21N3O2S. The van der Waals surface area contributed by atoms with Crippen LogP contribution in [0.5, 0.6) is 0 Å². The minimum absolute atomic E-state index is 0.145. The van der Waals surface area contributed by atoms with Gasteiger partial charge in [-0.1, -0.05) is 18.2 Å². The van der Waals surface area contributed by atoms with Crippen molar-refractivity contribution in [1.82, 2.24) is 9.47 Å². The predicted molar refractivity (Wildman–Crippen MR) is 103 cm³/mol. The van der Waals surface area contributed by atoms with Gasteiger partial charge in [-0.05, 0) is 37.8 Å². The van der Waals surface area contributed by atoms with Crippen molar-refractivity contribution in [3.8, 4) is 0 Å². The fraction of sp³-hybridized carbons (Fsp3) is 0.368. The van der Waals surface area contributed by atoms with Gasteiger partial charge in [0, 0.05) is 41.8 Å². The SMILES string of the molecule is CC(C)n1cc(C=C2SC(N3CCOCC3)=NC2=O)c2ccccc21. The highest BCUT2D eigenvalue weighted by molar-refractivity contribution is 8.18. The molecule has 1 aromatic heterocycles. The number of hydrogen-bond acceptors (Lipinski definition) is 4. The average molecular weight is 355 g/mol. The molecule has 25 heavy (non-hydrogen) atoms. The number of aromatic nitrogens is 1. The van der Waals surface area contributed by atoms with Gasteiger partial charge in [-0.3, -0.25) is 4.79 Å². The summed E-state index contributed by atoms with van der Waals surface area (Å²) in [6, 6.07) is 8.68. The number of benzene rings is 1. The van der Waals surface area contributed by atoms with E-state index in [4.69, 9.17) is 4.74 Å². The van der Waals surface area contributed by atoms with Gasteiger partial charge in [0.2, 0.25) is 0 Å². The van der Waals surface area contributed by atoms with Gasteiger partial charge in [0.1, 0.15) is 0 Å². The summed E-state index contributed by atoms with van der Waals surface area (Å²) in [6.07, 6.45) is 4.11. The fourth-order valence-corrected chi connectivity index (χ4v) is 4.16. The molecular weight excluding hydrogens is 334 g/mol.